The van der Waals surface area contributed by atoms with E-state index in [4.69, 9.17) is 5.11 Å². The molecule has 0 saturated heterocycles. The maximum atomic E-state index is 13.1. The van der Waals surface area contributed by atoms with E-state index >= 15 is 0 Å². The van der Waals surface area contributed by atoms with Gasteiger partial charge in [0.1, 0.15) is 21.3 Å². The molecule has 0 atom stereocenters. The van der Waals surface area contributed by atoms with Crippen LogP contribution in [0.4, 0.5) is 5.69 Å². The molecule has 2 aromatic carbocycles. The molecule has 1 aliphatic heterocycles. The zero-order valence-electron chi connectivity index (χ0n) is 25.3. The summed E-state index contributed by atoms with van der Waals surface area (Å²) in [6.45, 7) is 5.13. The summed E-state index contributed by atoms with van der Waals surface area (Å²) in [5, 5.41) is 9.95. The van der Waals surface area contributed by atoms with Gasteiger partial charge < -0.3 is 14.6 Å². The van der Waals surface area contributed by atoms with Gasteiger partial charge in [-0.15, -0.1) is 11.3 Å². The Morgan fingerprint density at radius 3 is 2.40 bits per heavy atom. The number of carboxylic acids is 1. The van der Waals surface area contributed by atoms with Crippen LogP contribution < -0.4 is 24.2 Å². The third-order valence-electron chi connectivity index (χ3n) is 7.00. The number of hydrogen-bond donors (Lipinski definition) is 1. The van der Waals surface area contributed by atoms with E-state index in [-0.39, 0.29) is 16.9 Å². The van der Waals surface area contributed by atoms with Crippen LogP contribution >= 0.6 is 23.1 Å². The number of pyridine rings is 1. The fourth-order valence-corrected chi connectivity index (χ4v) is 7.17. The number of carboxylic acid groups (broad SMARTS) is 1. The smallest absolute Gasteiger partial charge is 0.303 e. The Morgan fingerprint density at radius 1 is 1.02 bits per heavy atom. The lowest BCUT2D eigenvalue weighted by Gasteiger charge is -2.12. The maximum Gasteiger partial charge on any atom is 0.303 e. The van der Waals surface area contributed by atoms with Crippen LogP contribution in [0.5, 0.6) is 0 Å². The van der Waals surface area contributed by atoms with Crippen LogP contribution in [0, 0.1) is 6.92 Å². The van der Waals surface area contributed by atoms with Crippen LogP contribution in [0.1, 0.15) is 37.4 Å². The predicted molar refractivity (Wildman–Crippen MR) is 178 cm³/mol. The highest BCUT2D eigenvalue weighted by molar-refractivity contribution is 8.03. The number of aromatic nitrogens is 2. The summed E-state index contributed by atoms with van der Waals surface area (Å²) in [5.74, 6) is -0.764. The van der Waals surface area contributed by atoms with Crippen molar-refractivity contribution in [2.45, 2.75) is 56.0 Å². The van der Waals surface area contributed by atoms with E-state index in [0.717, 1.165) is 33.9 Å². The summed E-state index contributed by atoms with van der Waals surface area (Å²) in [4.78, 5) is 27.1. The van der Waals surface area contributed by atoms with E-state index in [2.05, 4.69) is 21.6 Å². The summed E-state index contributed by atoms with van der Waals surface area (Å²) in [5.41, 5.74) is 3.11. The molecule has 0 spiro atoms. The fourth-order valence-electron chi connectivity index (χ4n) is 4.58. The summed E-state index contributed by atoms with van der Waals surface area (Å²) >= 11 is 3.20. The number of aryl methyl sites for hydroxylation is 2. The Morgan fingerprint density at radius 2 is 1.73 bits per heavy atom. The van der Waals surface area contributed by atoms with Gasteiger partial charge in [-0.1, -0.05) is 41.6 Å². The number of anilines is 1. The van der Waals surface area contributed by atoms with Crippen molar-refractivity contribution in [3.63, 3.8) is 0 Å². The molecule has 3 heterocycles. The average Bonchev–Trinajstić information content (AvgIpc) is 3.49. The fraction of sp³-hybridized carbons (Fsp3) is 0.242. The number of benzene rings is 2. The lowest BCUT2D eigenvalue weighted by atomic mass is 10.2. The second-order valence-corrected chi connectivity index (χ2v) is 13.7. The molecule has 0 unspecified atom stereocenters. The number of nitrogens with zero attached hydrogens (tertiary/aromatic N) is 3. The van der Waals surface area contributed by atoms with E-state index in [1.165, 1.54) is 34.1 Å². The minimum Gasteiger partial charge on any atom is -0.744 e. The predicted octanol–water partition coefficient (Wildman–Crippen LogP) is 4.06. The number of allylic oxidation sites excluding steroid dienone is 1. The highest BCUT2D eigenvalue weighted by atomic mass is 32.2. The van der Waals surface area contributed by atoms with Crippen molar-refractivity contribution in [1.82, 2.24) is 4.57 Å². The molecule has 45 heavy (non-hydrogen) atoms. The lowest BCUT2D eigenvalue weighted by Crippen LogP contribution is -2.37. The molecule has 1 aliphatic rings. The third-order valence-corrected chi connectivity index (χ3v) is 10.1. The minimum absolute atomic E-state index is 0.0164. The van der Waals surface area contributed by atoms with Gasteiger partial charge in [-0.25, -0.2) is 8.42 Å². The average molecular weight is 666 g/mol. The molecule has 0 amide bonds. The van der Waals surface area contributed by atoms with Gasteiger partial charge in [0.05, 0.1) is 20.1 Å². The quantitative estimate of drug-likeness (QED) is 0.161. The van der Waals surface area contributed by atoms with Crippen molar-refractivity contribution in [1.29, 1.82) is 0 Å². The molecule has 0 saturated carbocycles. The summed E-state index contributed by atoms with van der Waals surface area (Å²) in [6, 6.07) is 20.0. The monoisotopic (exact) mass is 665 g/mol. The first-order valence-electron chi connectivity index (χ1n) is 14.3. The molecule has 12 heteroatoms. The minimum atomic E-state index is -4.27. The highest BCUT2D eigenvalue weighted by Gasteiger charge is 2.20. The van der Waals surface area contributed by atoms with Gasteiger partial charge in [-0.3, -0.25) is 14.2 Å². The topological polar surface area (TPSA) is 124 Å². The summed E-state index contributed by atoms with van der Waals surface area (Å²) < 4.78 is 36.7. The first-order valence-corrected chi connectivity index (χ1v) is 17.4. The second kappa shape index (κ2) is 15.3. The van der Waals surface area contributed by atoms with Crippen LogP contribution in [0.3, 0.4) is 0 Å². The van der Waals surface area contributed by atoms with Crippen molar-refractivity contribution in [2.24, 2.45) is 0 Å². The van der Waals surface area contributed by atoms with Crippen molar-refractivity contribution in [2.75, 3.05) is 11.9 Å². The van der Waals surface area contributed by atoms with Crippen molar-refractivity contribution < 1.29 is 27.4 Å². The summed E-state index contributed by atoms with van der Waals surface area (Å²) in [6.07, 6.45) is 9.59. The van der Waals surface area contributed by atoms with E-state index in [0.29, 0.717) is 17.5 Å². The zero-order chi connectivity index (χ0) is 32.6. The van der Waals surface area contributed by atoms with Crippen LogP contribution in [0.25, 0.3) is 12.2 Å². The Balaban J connectivity index is 0.000000354. The first kappa shape index (κ1) is 33.9. The molecule has 0 bridgehead atoms. The van der Waals surface area contributed by atoms with Crippen LogP contribution in [-0.4, -0.2) is 35.7 Å². The highest BCUT2D eigenvalue weighted by Crippen LogP contribution is 2.44. The second-order valence-electron chi connectivity index (χ2n) is 10.2. The Bertz CT molecular complexity index is 1980. The van der Waals surface area contributed by atoms with Crippen molar-refractivity contribution in [3.8, 4) is 0 Å². The molecule has 1 N–H and O–H groups in total. The third kappa shape index (κ3) is 9.04. The Hall–Kier alpha value is -3.97. The first-order chi connectivity index (χ1) is 21.5. The van der Waals surface area contributed by atoms with Crippen molar-refractivity contribution >= 4 is 57.0 Å². The van der Waals surface area contributed by atoms with Crippen LogP contribution in [0.15, 0.2) is 98.6 Å². The number of rotatable bonds is 9. The van der Waals surface area contributed by atoms with E-state index < -0.39 is 16.1 Å². The van der Waals surface area contributed by atoms with Crippen molar-refractivity contribution in [3.05, 3.63) is 115 Å². The molecule has 5 rings (SSSR count). The van der Waals surface area contributed by atoms with Gasteiger partial charge >= 0.3 is 5.97 Å². The van der Waals surface area contributed by atoms with Gasteiger partial charge in [-0.2, -0.15) is 4.57 Å². The van der Waals surface area contributed by atoms with E-state index in [1.54, 1.807) is 28.5 Å². The molecule has 0 radical (unpaired) electrons. The molecular weight excluding hydrogens is 631 g/mol. The van der Waals surface area contributed by atoms with Gasteiger partial charge in [0.15, 0.2) is 6.20 Å². The number of carbonyl (C=O) groups is 1. The number of thiazole rings is 1. The largest absolute Gasteiger partial charge is 0.744 e. The van der Waals surface area contributed by atoms with Gasteiger partial charge in [0, 0.05) is 49.5 Å². The normalized spacial score (nSPS) is 14.4. The van der Waals surface area contributed by atoms with Crippen LogP contribution in [0.2, 0.25) is 0 Å². The SMILES string of the molecule is CCn1c(=O)/c(=C/C=C2\Sc3ccccc3N2C)s/c1=C\c1cccc[n+]1CCCCC(=O)O.Cc1ccc(S(=O)(=O)[O-])cc1. The van der Waals surface area contributed by atoms with Gasteiger partial charge in [-0.05, 0) is 62.8 Å². The number of fused-ring (bicyclic) bond motifs is 1. The number of thioether (sulfide) groups is 1. The number of aliphatic carboxylic acids is 1. The lowest BCUT2D eigenvalue weighted by molar-refractivity contribution is -0.699. The van der Waals surface area contributed by atoms with E-state index in [1.807, 2.05) is 75.7 Å². The summed E-state index contributed by atoms with van der Waals surface area (Å²) in [7, 11) is -2.23. The van der Waals surface area contributed by atoms with Gasteiger partial charge in [0.2, 0.25) is 5.69 Å². The van der Waals surface area contributed by atoms with E-state index in [9.17, 15) is 22.6 Å². The van der Waals surface area contributed by atoms with Gasteiger partial charge in [0.25, 0.3) is 5.56 Å². The zero-order valence-corrected chi connectivity index (χ0v) is 27.7. The number of unbranched alkanes of at least 4 members (excludes halogenated alkanes) is 1. The number of para-hydroxylation sites is 1. The standard InChI is InChI=1S/C26H27N3O3S2.C7H8O3S/c1-3-29-24(18-19-10-6-8-16-28(19)17-9-7-13-25(30)31)34-22(26(29)32)14-15-23-27(2)20-11-4-5-12-21(20)33-23;1-6-2-4-7(5-3-6)11(8,9)10/h4-6,8,10-12,14-16,18H,3,7,9,13,17H2,1-2H3;2-5H,1H3,(H,8,9,10)/b22-14-,23-15-;. The molecular formula is C33H35N3O6S3. The molecule has 4 aromatic rings. The van der Waals surface area contributed by atoms with Crippen LogP contribution in [-0.2, 0) is 28.0 Å². The molecule has 2 aromatic heterocycles. The number of hydrogen-bond acceptors (Lipinski definition) is 8. The molecule has 236 valence electrons. The molecule has 0 fully saturated rings. The maximum absolute atomic E-state index is 13.1. The Kier molecular flexibility index (Phi) is 11.6. The molecule has 0 aliphatic carbocycles. The molecule has 9 nitrogen and oxygen atoms in total. The Labute approximate surface area is 270 Å².